The summed E-state index contributed by atoms with van der Waals surface area (Å²) < 4.78 is 0. The third-order valence-corrected chi connectivity index (χ3v) is 6.06. The molecule has 0 fully saturated rings. The van der Waals surface area contributed by atoms with Gasteiger partial charge in [0, 0.05) is 11.8 Å². The van der Waals surface area contributed by atoms with E-state index in [0.717, 1.165) is 12.8 Å². The maximum absolute atomic E-state index is 2.39. The van der Waals surface area contributed by atoms with Crippen LogP contribution in [0.1, 0.15) is 88.5 Å². The summed E-state index contributed by atoms with van der Waals surface area (Å²) in [5.74, 6) is 1.17. The quantitative estimate of drug-likeness (QED) is 0.454. The molecular formula is C26H32. The summed E-state index contributed by atoms with van der Waals surface area (Å²) in [5.41, 5.74) is 12.7. The standard InChI is InChI=1S/C22H20.2C2H6/c1-13-15-7-3-5-9-17(15)21-12-20-14(2)16-8-4-6-10-18(16)22(20)11-19(13)21;2*1-2/h3-10,13-14H,11-12H2,1-2H3;2*1-2H3. The van der Waals surface area contributed by atoms with Gasteiger partial charge in [0.1, 0.15) is 0 Å². The van der Waals surface area contributed by atoms with E-state index in [0.29, 0.717) is 11.8 Å². The highest BCUT2D eigenvalue weighted by Crippen LogP contribution is 2.56. The molecule has 2 unspecified atom stereocenters. The molecule has 0 amide bonds. The normalized spacial score (nSPS) is 21.6. The lowest BCUT2D eigenvalue weighted by Crippen LogP contribution is -2.02. The predicted octanol–water partition coefficient (Wildman–Crippen LogP) is 7.97. The van der Waals surface area contributed by atoms with Crippen molar-refractivity contribution >= 4 is 11.1 Å². The first-order valence-corrected chi connectivity index (χ1v) is 10.4. The molecule has 0 saturated carbocycles. The minimum Gasteiger partial charge on any atom is -0.0683 e. The first-order chi connectivity index (χ1) is 12.8. The van der Waals surface area contributed by atoms with Crippen LogP contribution < -0.4 is 0 Å². The van der Waals surface area contributed by atoms with Gasteiger partial charge in [0.25, 0.3) is 0 Å². The van der Waals surface area contributed by atoms with Crippen LogP contribution in [0.2, 0.25) is 0 Å². The molecule has 0 radical (unpaired) electrons. The average Bonchev–Trinajstić information content (AvgIpc) is 3.17. The predicted molar refractivity (Wildman–Crippen MR) is 115 cm³/mol. The smallest absolute Gasteiger partial charge is 0.00353 e. The maximum atomic E-state index is 2.39. The Morgan fingerprint density at radius 1 is 0.577 bits per heavy atom. The number of allylic oxidation sites excluding steroid dienone is 4. The van der Waals surface area contributed by atoms with Gasteiger partial charge in [-0.3, -0.25) is 0 Å². The van der Waals surface area contributed by atoms with Crippen molar-refractivity contribution in [1.29, 1.82) is 0 Å². The Hall–Kier alpha value is -2.08. The van der Waals surface area contributed by atoms with Crippen LogP contribution in [0, 0.1) is 0 Å². The van der Waals surface area contributed by atoms with Gasteiger partial charge >= 0.3 is 0 Å². The molecule has 0 bridgehead atoms. The highest BCUT2D eigenvalue weighted by atomic mass is 14.4. The lowest BCUT2D eigenvalue weighted by molar-refractivity contribution is 0.857. The Labute approximate surface area is 159 Å². The third kappa shape index (κ3) is 2.67. The molecule has 0 N–H and O–H groups in total. The summed E-state index contributed by atoms with van der Waals surface area (Å²) in [6, 6.07) is 18.1. The molecular weight excluding hydrogens is 312 g/mol. The Morgan fingerprint density at radius 2 is 0.923 bits per heavy atom. The summed E-state index contributed by atoms with van der Waals surface area (Å²) >= 11 is 0. The highest BCUT2D eigenvalue weighted by Gasteiger charge is 2.37. The topological polar surface area (TPSA) is 0 Å². The molecule has 0 aromatic heterocycles. The molecule has 0 saturated heterocycles. The monoisotopic (exact) mass is 344 g/mol. The molecule has 0 heterocycles. The van der Waals surface area contributed by atoms with E-state index in [1.54, 1.807) is 22.3 Å². The molecule has 0 nitrogen and oxygen atoms in total. The van der Waals surface area contributed by atoms with Crippen LogP contribution in [0.5, 0.6) is 0 Å². The van der Waals surface area contributed by atoms with Gasteiger partial charge in [0.2, 0.25) is 0 Å². The van der Waals surface area contributed by atoms with E-state index in [9.17, 15) is 0 Å². The van der Waals surface area contributed by atoms with E-state index in [2.05, 4.69) is 62.4 Å². The number of fused-ring (bicyclic) bond motifs is 4. The number of benzene rings is 2. The lowest BCUT2D eigenvalue weighted by Gasteiger charge is -2.22. The molecule has 0 heteroatoms. The van der Waals surface area contributed by atoms with Gasteiger partial charge in [-0.25, -0.2) is 0 Å². The zero-order valence-corrected chi connectivity index (χ0v) is 17.2. The fourth-order valence-corrected chi connectivity index (χ4v) is 4.86. The van der Waals surface area contributed by atoms with Crippen molar-refractivity contribution in [1.82, 2.24) is 0 Å². The van der Waals surface area contributed by atoms with Crippen LogP contribution in [-0.4, -0.2) is 0 Å². The summed E-state index contributed by atoms with van der Waals surface area (Å²) in [7, 11) is 0. The second-order valence-electron chi connectivity index (χ2n) is 6.98. The fraction of sp³-hybridized carbons (Fsp3) is 0.385. The minimum absolute atomic E-state index is 0.586. The van der Waals surface area contributed by atoms with Gasteiger partial charge in [-0.15, -0.1) is 0 Å². The lowest BCUT2D eigenvalue weighted by atomic mass is 9.82. The van der Waals surface area contributed by atoms with Gasteiger partial charge in [0.05, 0.1) is 0 Å². The molecule has 3 aliphatic carbocycles. The van der Waals surface area contributed by atoms with Crippen LogP contribution >= 0.6 is 0 Å². The Bertz CT molecular complexity index is 790. The molecule has 2 atom stereocenters. The highest BCUT2D eigenvalue weighted by molar-refractivity contribution is 5.91. The Balaban J connectivity index is 0.000000461. The molecule has 0 aliphatic heterocycles. The molecule has 5 rings (SSSR count). The SMILES string of the molecule is CC.CC.CC1C2=C(CC3=C(C2)c2ccccc2C3C)c2ccccc21. The molecule has 2 aromatic carbocycles. The van der Waals surface area contributed by atoms with Gasteiger partial charge < -0.3 is 0 Å². The van der Waals surface area contributed by atoms with Crippen molar-refractivity contribution in [3.63, 3.8) is 0 Å². The Morgan fingerprint density at radius 3 is 1.31 bits per heavy atom. The van der Waals surface area contributed by atoms with Gasteiger partial charge in [-0.2, -0.15) is 0 Å². The third-order valence-electron chi connectivity index (χ3n) is 6.06. The van der Waals surface area contributed by atoms with E-state index in [4.69, 9.17) is 0 Å². The second kappa shape index (κ2) is 7.66. The molecule has 26 heavy (non-hydrogen) atoms. The molecule has 136 valence electrons. The number of hydrogen-bond donors (Lipinski definition) is 0. The zero-order valence-electron chi connectivity index (χ0n) is 17.2. The van der Waals surface area contributed by atoms with E-state index in [-0.39, 0.29) is 0 Å². The van der Waals surface area contributed by atoms with Gasteiger partial charge in [0.15, 0.2) is 0 Å². The van der Waals surface area contributed by atoms with Crippen LogP contribution in [0.15, 0.2) is 59.7 Å². The summed E-state index contributed by atoms with van der Waals surface area (Å²) in [4.78, 5) is 0. The van der Waals surface area contributed by atoms with Crippen LogP contribution in [-0.2, 0) is 0 Å². The Kier molecular flexibility index (Phi) is 5.51. The van der Waals surface area contributed by atoms with Crippen molar-refractivity contribution < 1.29 is 0 Å². The van der Waals surface area contributed by atoms with Gasteiger partial charge in [-0.05, 0) is 46.2 Å². The van der Waals surface area contributed by atoms with Crippen LogP contribution in [0.3, 0.4) is 0 Å². The number of hydrogen-bond acceptors (Lipinski definition) is 0. The number of rotatable bonds is 0. The molecule has 0 spiro atoms. The van der Waals surface area contributed by atoms with E-state index in [1.165, 1.54) is 22.3 Å². The maximum Gasteiger partial charge on any atom is 0.00353 e. The van der Waals surface area contributed by atoms with Gasteiger partial charge in [-0.1, -0.05) is 101 Å². The van der Waals surface area contributed by atoms with E-state index >= 15 is 0 Å². The average molecular weight is 345 g/mol. The fourth-order valence-electron chi connectivity index (χ4n) is 4.86. The molecule has 3 aliphatic rings. The van der Waals surface area contributed by atoms with Crippen molar-refractivity contribution in [3.05, 3.63) is 81.9 Å². The summed E-state index contributed by atoms with van der Waals surface area (Å²) in [5, 5.41) is 0. The summed E-state index contributed by atoms with van der Waals surface area (Å²) in [6.45, 7) is 12.8. The van der Waals surface area contributed by atoms with E-state index < -0.39 is 0 Å². The van der Waals surface area contributed by atoms with Crippen molar-refractivity contribution in [2.75, 3.05) is 0 Å². The van der Waals surface area contributed by atoms with Crippen molar-refractivity contribution in [3.8, 4) is 0 Å². The van der Waals surface area contributed by atoms with Crippen molar-refractivity contribution in [2.45, 2.75) is 66.2 Å². The van der Waals surface area contributed by atoms with Crippen LogP contribution in [0.25, 0.3) is 11.1 Å². The molecule has 2 aromatic rings. The zero-order chi connectivity index (χ0) is 18.8. The van der Waals surface area contributed by atoms with Crippen molar-refractivity contribution in [2.24, 2.45) is 0 Å². The minimum atomic E-state index is 0.586. The summed E-state index contributed by atoms with van der Waals surface area (Å²) in [6.07, 6.45) is 2.31. The first kappa shape index (κ1) is 18.7. The van der Waals surface area contributed by atoms with E-state index in [1.807, 2.05) is 27.7 Å². The van der Waals surface area contributed by atoms with Crippen LogP contribution in [0.4, 0.5) is 0 Å². The first-order valence-electron chi connectivity index (χ1n) is 10.4. The second-order valence-corrected chi connectivity index (χ2v) is 6.98. The largest absolute Gasteiger partial charge is 0.0683 e.